The van der Waals surface area contributed by atoms with Crippen LogP contribution in [0.2, 0.25) is 0 Å². The molecule has 0 aromatic heterocycles. The predicted molar refractivity (Wildman–Crippen MR) is 120 cm³/mol. The molecule has 30 heavy (non-hydrogen) atoms. The largest absolute Gasteiger partial charge is 0.492 e. The van der Waals surface area contributed by atoms with Crippen LogP contribution >= 0.6 is 0 Å². The molecule has 0 unspecified atom stereocenters. The zero-order valence-electron chi connectivity index (χ0n) is 18.6. The molecule has 0 radical (unpaired) electrons. The molecule has 168 valence electrons. The van der Waals surface area contributed by atoms with E-state index in [0.29, 0.717) is 19.3 Å². The highest BCUT2D eigenvalue weighted by atomic mass is 16.5. The first-order valence-electron chi connectivity index (χ1n) is 11.5. The summed E-state index contributed by atoms with van der Waals surface area (Å²) < 4.78 is 17.3. The number of piperidine rings is 1. The molecule has 1 aromatic carbocycles. The van der Waals surface area contributed by atoms with E-state index in [1.165, 1.54) is 0 Å². The second-order valence-corrected chi connectivity index (χ2v) is 7.72. The Morgan fingerprint density at radius 3 is 2.63 bits per heavy atom. The van der Waals surface area contributed by atoms with Gasteiger partial charge in [0.15, 0.2) is 5.96 Å². The minimum atomic E-state index is 0.384. The van der Waals surface area contributed by atoms with Crippen LogP contribution in [-0.4, -0.2) is 87.6 Å². The van der Waals surface area contributed by atoms with E-state index in [1.807, 2.05) is 12.1 Å². The molecule has 0 amide bonds. The zero-order valence-corrected chi connectivity index (χ0v) is 18.6. The monoisotopic (exact) mass is 418 g/mol. The van der Waals surface area contributed by atoms with Crippen molar-refractivity contribution in [3.8, 4) is 5.75 Å². The molecule has 2 aliphatic rings. The maximum Gasteiger partial charge on any atom is 0.194 e. The Bertz CT molecular complexity index is 641. The number of hydrogen-bond donors (Lipinski definition) is 1. The van der Waals surface area contributed by atoms with Crippen LogP contribution in [0, 0.1) is 0 Å². The van der Waals surface area contributed by atoms with Gasteiger partial charge in [-0.05, 0) is 32.8 Å². The summed E-state index contributed by atoms with van der Waals surface area (Å²) in [5, 5.41) is 3.45. The lowest BCUT2D eigenvalue weighted by Gasteiger charge is -2.34. The fraction of sp³-hybridized carbons (Fsp3) is 0.696. The Balaban J connectivity index is 1.54. The van der Waals surface area contributed by atoms with Crippen LogP contribution in [0.5, 0.6) is 5.75 Å². The number of likely N-dealkylation sites (tertiary alicyclic amines) is 1. The van der Waals surface area contributed by atoms with E-state index >= 15 is 0 Å². The van der Waals surface area contributed by atoms with Crippen LogP contribution in [0.25, 0.3) is 0 Å². The van der Waals surface area contributed by atoms with Crippen LogP contribution in [0.15, 0.2) is 29.3 Å². The van der Waals surface area contributed by atoms with E-state index in [9.17, 15) is 0 Å². The van der Waals surface area contributed by atoms with E-state index < -0.39 is 0 Å². The number of morpholine rings is 1. The number of benzene rings is 1. The fourth-order valence-corrected chi connectivity index (χ4v) is 3.94. The minimum Gasteiger partial charge on any atom is -0.492 e. The van der Waals surface area contributed by atoms with E-state index in [0.717, 1.165) is 89.2 Å². The molecule has 1 N–H and O–H groups in total. The normalized spacial score (nSPS) is 19.1. The Morgan fingerprint density at radius 1 is 1.13 bits per heavy atom. The van der Waals surface area contributed by atoms with Gasteiger partial charge in [0, 0.05) is 51.4 Å². The van der Waals surface area contributed by atoms with Crippen molar-refractivity contribution in [3.05, 3.63) is 29.8 Å². The molecule has 3 rings (SSSR count). The zero-order chi connectivity index (χ0) is 21.0. The standard InChI is InChI=1S/C23H38N4O3/c1-3-24-23(27-11-9-21(10-12-27)29-4-2)25-19-20-7-5-6-8-22(20)30-18-15-26-13-16-28-17-14-26/h5-8,21H,3-4,9-19H2,1-2H3,(H,24,25). The average molecular weight is 419 g/mol. The van der Waals surface area contributed by atoms with Crippen LogP contribution < -0.4 is 10.1 Å². The van der Waals surface area contributed by atoms with Crippen molar-refractivity contribution in [1.82, 2.24) is 15.1 Å². The molecule has 0 atom stereocenters. The molecule has 2 saturated heterocycles. The van der Waals surface area contributed by atoms with Crippen molar-refractivity contribution in [2.75, 3.05) is 65.7 Å². The average Bonchev–Trinajstić information content (AvgIpc) is 2.79. The molecule has 2 aliphatic heterocycles. The van der Waals surface area contributed by atoms with Gasteiger partial charge >= 0.3 is 0 Å². The predicted octanol–water partition coefficient (Wildman–Crippen LogP) is 2.36. The molecule has 2 fully saturated rings. The van der Waals surface area contributed by atoms with Crippen molar-refractivity contribution in [2.45, 2.75) is 39.3 Å². The smallest absolute Gasteiger partial charge is 0.194 e. The van der Waals surface area contributed by atoms with Crippen LogP contribution in [-0.2, 0) is 16.0 Å². The molecule has 7 nitrogen and oxygen atoms in total. The van der Waals surface area contributed by atoms with Crippen molar-refractivity contribution < 1.29 is 14.2 Å². The second kappa shape index (κ2) is 12.8. The van der Waals surface area contributed by atoms with Crippen molar-refractivity contribution >= 4 is 5.96 Å². The summed E-state index contributed by atoms with van der Waals surface area (Å²) in [5.74, 6) is 1.91. The number of nitrogens with zero attached hydrogens (tertiary/aromatic N) is 3. The molecule has 0 spiro atoms. The summed E-state index contributed by atoms with van der Waals surface area (Å²) in [6.45, 7) is 13.6. The third-order valence-electron chi connectivity index (χ3n) is 5.62. The highest BCUT2D eigenvalue weighted by molar-refractivity contribution is 5.80. The molecule has 2 heterocycles. The quantitative estimate of drug-likeness (QED) is 0.491. The van der Waals surface area contributed by atoms with Gasteiger partial charge in [-0.25, -0.2) is 4.99 Å². The van der Waals surface area contributed by atoms with Crippen molar-refractivity contribution in [1.29, 1.82) is 0 Å². The van der Waals surface area contributed by atoms with Crippen molar-refractivity contribution in [3.63, 3.8) is 0 Å². The second-order valence-electron chi connectivity index (χ2n) is 7.72. The van der Waals surface area contributed by atoms with Crippen LogP contribution in [0.4, 0.5) is 0 Å². The summed E-state index contributed by atoms with van der Waals surface area (Å²) in [7, 11) is 0. The molecule has 0 aliphatic carbocycles. The van der Waals surface area contributed by atoms with Gasteiger partial charge in [-0.2, -0.15) is 0 Å². The van der Waals surface area contributed by atoms with Gasteiger partial charge < -0.3 is 24.4 Å². The molecule has 7 heteroatoms. The van der Waals surface area contributed by atoms with Crippen LogP contribution in [0.1, 0.15) is 32.3 Å². The van der Waals surface area contributed by atoms with Crippen molar-refractivity contribution in [2.24, 2.45) is 4.99 Å². The van der Waals surface area contributed by atoms with Gasteiger partial charge in [-0.1, -0.05) is 18.2 Å². The summed E-state index contributed by atoms with van der Waals surface area (Å²) in [6, 6.07) is 8.24. The van der Waals surface area contributed by atoms with Gasteiger partial charge in [-0.3, -0.25) is 4.90 Å². The number of rotatable bonds is 9. The van der Waals surface area contributed by atoms with Gasteiger partial charge in [0.05, 0.1) is 25.9 Å². The van der Waals surface area contributed by atoms with E-state index in [1.54, 1.807) is 0 Å². The van der Waals surface area contributed by atoms with Gasteiger partial charge in [0.25, 0.3) is 0 Å². The first kappa shape index (κ1) is 22.8. The number of hydrogen-bond acceptors (Lipinski definition) is 5. The fourth-order valence-electron chi connectivity index (χ4n) is 3.94. The summed E-state index contributed by atoms with van der Waals surface area (Å²) >= 11 is 0. The Labute approximate surface area is 181 Å². The minimum absolute atomic E-state index is 0.384. The van der Waals surface area contributed by atoms with E-state index in [-0.39, 0.29) is 0 Å². The Hall–Kier alpha value is -1.83. The van der Waals surface area contributed by atoms with E-state index in [4.69, 9.17) is 19.2 Å². The molecular formula is C23H38N4O3. The lowest BCUT2D eigenvalue weighted by atomic mass is 10.1. The highest BCUT2D eigenvalue weighted by Crippen LogP contribution is 2.20. The molecule has 0 saturated carbocycles. The number of guanidine groups is 1. The molecular weight excluding hydrogens is 380 g/mol. The number of ether oxygens (including phenoxy) is 3. The first-order valence-corrected chi connectivity index (χ1v) is 11.5. The first-order chi connectivity index (χ1) is 14.8. The Kier molecular flexibility index (Phi) is 9.73. The maximum atomic E-state index is 6.12. The third-order valence-corrected chi connectivity index (χ3v) is 5.62. The highest BCUT2D eigenvalue weighted by Gasteiger charge is 2.21. The third kappa shape index (κ3) is 7.15. The van der Waals surface area contributed by atoms with Gasteiger partial charge in [-0.15, -0.1) is 0 Å². The van der Waals surface area contributed by atoms with Gasteiger partial charge in [0.1, 0.15) is 12.4 Å². The number of para-hydroxylation sites is 1. The summed E-state index contributed by atoms with van der Waals surface area (Å²) in [5.41, 5.74) is 1.12. The summed E-state index contributed by atoms with van der Waals surface area (Å²) in [6.07, 6.45) is 2.49. The van der Waals surface area contributed by atoms with Crippen LogP contribution in [0.3, 0.4) is 0 Å². The molecule has 0 bridgehead atoms. The lowest BCUT2D eigenvalue weighted by Crippen LogP contribution is -2.47. The Morgan fingerprint density at radius 2 is 1.90 bits per heavy atom. The SMILES string of the molecule is CCNC(=NCc1ccccc1OCCN1CCOCC1)N1CCC(OCC)CC1. The maximum absolute atomic E-state index is 6.12. The molecule has 1 aromatic rings. The number of aliphatic imine (C=N–C) groups is 1. The van der Waals surface area contributed by atoms with E-state index in [2.05, 4.69) is 41.1 Å². The lowest BCUT2D eigenvalue weighted by molar-refractivity contribution is 0.0263. The summed E-state index contributed by atoms with van der Waals surface area (Å²) in [4.78, 5) is 9.66. The van der Waals surface area contributed by atoms with Gasteiger partial charge in [0.2, 0.25) is 0 Å². The number of nitrogens with one attached hydrogen (secondary N) is 1. The topological polar surface area (TPSA) is 58.6 Å².